The molecule has 9 nitrogen and oxygen atoms in total. The minimum Gasteiger partial charge on any atom is -0.350 e. The molecule has 0 fully saturated rings. The second-order valence-electron chi connectivity index (χ2n) is 5.66. The molecule has 0 bridgehead atoms. The number of rotatable bonds is 6. The third-order valence-electron chi connectivity index (χ3n) is 3.69. The maximum atomic E-state index is 12.6. The van der Waals surface area contributed by atoms with Gasteiger partial charge in [-0.05, 0) is 26.3 Å². The van der Waals surface area contributed by atoms with E-state index in [1.165, 1.54) is 25.6 Å². The van der Waals surface area contributed by atoms with E-state index in [2.05, 4.69) is 15.5 Å². The van der Waals surface area contributed by atoms with E-state index in [0.717, 1.165) is 10.7 Å². The lowest BCUT2D eigenvalue weighted by molar-refractivity contribution is -0.385. The van der Waals surface area contributed by atoms with Gasteiger partial charge in [-0.15, -0.1) is 0 Å². The normalized spacial score (nSPS) is 11.6. The zero-order valence-electron chi connectivity index (χ0n) is 14.3. The Bertz CT molecular complexity index is 840. The molecule has 0 atom stereocenters. The average molecular weight is 374 g/mol. The minimum absolute atomic E-state index is 0.112. The first-order chi connectivity index (χ1) is 12.0. The lowest BCUT2D eigenvalue weighted by Crippen LogP contribution is -2.28. The quantitative estimate of drug-likeness (QED) is 0.473. The number of nitro groups is 1. The maximum Gasteiger partial charge on any atom is 0.435 e. The summed E-state index contributed by atoms with van der Waals surface area (Å²) in [6.45, 7) is 3.20. The van der Waals surface area contributed by atoms with E-state index < -0.39 is 22.7 Å². The number of halogens is 3. The largest absolute Gasteiger partial charge is 0.435 e. The highest BCUT2D eigenvalue weighted by Crippen LogP contribution is 2.28. The molecule has 0 aromatic carbocycles. The Hall–Kier alpha value is -2.92. The number of carbonyl (C=O) groups excluding carboxylic acids is 1. The van der Waals surface area contributed by atoms with Crippen molar-refractivity contribution >= 4 is 11.6 Å². The second-order valence-corrected chi connectivity index (χ2v) is 5.66. The highest BCUT2D eigenvalue weighted by Gasteiger charge is 2.34. The van der Waals surface area contributed by atoms with Crippen LogP contribution in [0.3, 0.4) is 0 Å². The summed E-state index contributed by atoms with van der Waals surface area (Å²) in [4.78, 5) is 22.6. The molecule has 12 heteroatoms. The summed E-state index contributed by atoms with van der Waals surface area (Å²) in [5, 5.41) is 20.9. The summed E-state index contributed by atoms with van der Waals surface area (Å²) < 4.78 is 40.2. The highest BCUT2D eigenvalue weighted by molar-refractivity contribution is 5.96. The van der Waals surface area contributed by atoms with Crippen LogP contribution in [0.2, 0.25) is 0 Å². The molecule has 1 amide bonds. The molecule has 0 aliphatic heterocycles. The van der Waals surface area contributed by atoms with Gasteiger partial charge < -0.3 is 5.32 Å². The van der Waals surface area contributed by atoms with E-state index in [9.17, 15) is 28.1 Å². The number of aromatic nitrogens is 4. The van der Waals surface area contributed by atoms with Crippen LogP contribution in [0.4, 0.5) is 18.9 Å². The number of nitrogens with zero attached hydrogens (tertiary/aromatic N) is 5. The summed E-state index contributed by atoms with van der Waals surface area (Å²) in [7, 11) is 1.42. The van der Waals surface area contributed by atoms with Gasteiger partial charge in [-0.2, -0.15) is 23.4 Å². The van der Waals surface area contributed by atoms with Crippen molar-refractivity contribution in [2.45, 2.75) is 33.0 Å². The van der Waals surface area contributed by atoms with Crippen LogP contribution in [-0.4, -0.2) is 36.9 Å². The van der Waals surface area contributed by atoms with Gasteiger partial charge in [0.15, 0.2) is 5.69 Å². The lowest BCUT2D eigenvalue weighted by atomic mass is 10.3. The van der Waals surface area contributed by atoms with Gasteiger partial charge in [0.05, 0.1) is 4.92 Å². The summed E-state index contributed by atoms with van der Waals surface area (Å²) >= 11 is 0. The molecule has 2 rings (SSSR count). The fourth-order valence-corrected chi connectivity index (χ4v) is 2.51. The monoisotopic (exact) mass is 374 g/mol. The second kappa shape index (κ2) is 7.14. The predicted octanol–water partition coefficient (Wildman–Crippen LogP) is 1.98. The summed E-state index contributed by atoms with van der Waals surface area (Å²) in [6, 6.07) is 0.945. The standard InChI is InChI=1S/C14H17F3N6O3/c1-8-7-10(14(15,16)17)20-22(8)6-4-5-18-13(24)12-11(23(25)26)9(2)19-21(12)3/h7H,4-6H2,1-3H3,(H,18,24). The Balaban J connectivity index is 1.96. The van der Waals surface area contributed by atoms with E-state index in [4.69, 9.17) is 0 Å². The van der Waals surface area contributed by atoms with E-state index >= 15 is 0 Å². The molecule has 0 unspecified atom stereocenters. The molecule has 2 heterocycles. The van der Waals surface area contributed by atoms with E-state index in [1.54, 1.807) is 0 Å². The number of nitrogens with one attached hydrogen (secondary N) is 1. The molecule has 0 radical (unpaired) electrons. The topological polar surface area (TPSA) is 108 Å². The number of hydrogen-bond acceptors (Lipinski definition) is 5. The Morgan fingerprint density at radius 1 is 1.35 bits per heavy atom. The molecule has 2 aromatic heterocycles. The Labute approximate surface area is 145 Å². The Kier molecular flexibility index (Phi) is 5.33. The highest BCUT2D eigenvalue weighted by atomic mass is 19.4. The van der Waals surface area contributed by atoms with Crippen molar-refractivity contribution < 1.29 is 22.9 Å². The van der Waals surface area contributed by atoms with Crippen molar-refractivity contribution in [2.75, 3.05) is 6.54 Å². The van der Waals surface area contributed by atoms with Crippen molar-refractivity contribution in [3.05, 3.63) is 39.0 Å². The molecule has 142 valence electrons. The Morgan fingerprint density at radius 3 is 2.54 bits per heavy atom. The maximum absolute atomic E-state index is 12.6. The average Bonchev–Trinajstić information content (AvgIpc) is 3.02. The van der Waals surface area contributed by atoms with Crippen molar-refractivity contribution in [3.63, 3.8) is 0 Å². The SMILES string of the molecule is Cc1nn(C)c(C(=O)NCCCn2nc(C(F)(F)F)cc2C)c1[N+](=O)[O-]. The van der Waals surface area contributed by atoms with Gasteiger partial charge in [0, 0.05) is 25.8 Å². The van der Waals surface area contributed by atoms with E-state index in [0.29, 0.717) is 12.1 Å². The van der Waals surface area contributed by atoms with Gasteiger partial charge in [0.25, 0.3) is 5.91 Å². The number of hydrogen-bond donors (Lipinski definition) is 1. The van der Waals surface area contributed by atoms with Crippen molar-refractivity contribution in [3.8, 4) is 0 Å². The summed E-state index contributed by atoms with van der Waals surface area (Å²) in [5.74, 6) is -0.673. The fraction of sp³-hybridized carbons (Fsp3) is 0.500. The molecule has 0 aliphatic carbocycles. The molecule has 0 spiro atoms. The molecule has 26 heavy (non-hydrogen) atoms. The molecular weight excluding hydrogens is 357 g/mol. The first-order valence-electron chi connectivity index (χ1n) is 7.60. The zero-order valence-corrected chi connectivity index (χ0v) is 14.3. The van der Waals surface area contributed by atoms with Crippen molar-refractivity contribution in [1.29, 1.82) is 0 Å². The number of aryl methyl sites for hydroxylation is 4. The third kappa shape index (κ3) is 4.00. The lowest BCUT2D eigenvalue weighted by Gasteiger charge is -2.07. The van der Waals surface area contributed by atoms with E-state index in [-0.39, 0.29) is 30.2 Å². The molecule has 0 saturated heterocycles. The summed E-state index contributed by atoms with van der Waals surface area (Å²) in [5.41, 5.74) is -1.05. The van der Waals surface area contributed by atoms with Gasteiger partial charge in [0.2, 0.25) is 5.69 Å². The predicted molar refractivity (Wildman–Crippen MR) is 83.5 cm³/mol. The third-order valence-corrected chi connectivity index (χ3v) is 3.69. The van der Waals surface area contributed by atoms with Gasteiger partial charge >= 0.3 is 11.9 Å². The summed E-state index contributed by atoms with van der Waals surface area (Å²) in [6.07, 6.45) is -4.21. The van der Waals surface area contributed by atoms with Crippen LogP contribution in [-0.2, 0) is 19.8 Å². The Morgan fingerprint density at radius 2 is 2.00 bits per heavy atom. The van der Waals surface area contributed by atoms with E-state index in [1.807, 2.05) is 0 Å². The van der Waals surface area contributed by atoms with Crippen LogP contribution < -0.4 is 5.32 Å². The molecule has 2 aromatic rings. The number of carbonyl (C=O) groups is 1. The molecule has 0 aliphatic rings. The smallest absolute Gasteiger partial charge is 0.350 e. The van der Waals surface area contributed by atoms with Crippen LogP contribution in [0, 0.1) is 24.0 Å². The van der Waals surface area contributed by atoms with Crippen molar-refractivity contribution in [2.24, 2.45) is 7.05 Å². The van der Waals surface area contributed by atoms with Gasteiger partial charge in [-0.25, -0.2) is 0 Å². The molecular formula is C14H17F3N6O3. The first-order valence-corrected chi connectivity index (χ1v) is 7.60. The van der Waals surface area contributed by atoms with Crippen LogP contribution in [0.25, 0.3) is 0 Å². The number of alkyl halides is 3. The minimum atomic E-state index is -4.51. The van der Waals surface area contributed by atoms with Crippen LogP contribution in [0.1, 0.15) is 34.0 Å². The van der Waals surface area contributed by atoms with Gasteiger partial charge in [0.1, 0.15) is 5.69 Å². The number of amides is 1. The fourth-order valence-electron chi connectivity index (χ4n) is 2.51. The van der Waals surface area contributed by atoms with Crippen LogP contribution in [0.15, 0.2) is 6.07 Å². The molecule has 0 saturated carbocycles. The zero-order chi connectivity index (χ0) is 19.6. The van der Waals surface area contributed by atoms with Crippen LogP contribution in [0.5, 0.6) is 0 Å². The van der Waals surface area contributed by atoms with Crippen LogP contribution >= 0.6 is 0 Å². The first kappa shape index (κ1) is 19.4. The van der Waals surface area contributed by atoms with Gasteiger partial charge in [-0.3, -0.25) is 24.3 Å². The van der Waals surface area contributed by atoms with Gasteiger partial charge in [-0.1, -0.05) is 0 Å². The van der Waals surface area contributed by atoms with Crippen molar-refractivity contribution in [1.82, 2.24) is 24.9 Å². The molecule has 1 N–H and O–H groups in total.